The van der Waals surface area contributed by atoms with E-state index in [-0.39, 0.29) is 5.60 Å². The zero-order valence-corrected chi connectivity index (χ0v) is 8.27. The first-order valence-corrected chi connectivity index (χ1v) is 4.46. The van der Waals surface area contributed by atoms with Gasteiger partial charge in [0.1, 0.15) is 0 Å². The predicted molar refractivity (Wildman–Crippen MR) is 48.9 cm³/mol. The highest BCUT2D eigenvalue weighted by atomic mass is 19.1. The van der Waals surface area contributed by atoms with Gasteiger partial charge in [0.05, 0.1) is 18.4 Å². The molecule has 0 heterocycles. The highest BCUT2D eigenvalue weighted by molar-refractivity contribution is 4.68. The van der Waals surface area contributed by atoms with E-state index in [1.54, 1.807) is 6.92 Å². The quantitative estimate of drug-likeness (QED) is 0.672. The Morgan fingerprint density at radius 1 is 1.50 bits per heavy atom. The van der Waals surface area contributed by atoms with E-state index in [1.165, 1.54) is 0 Å². The van der Waals surface area contributed by atoms with Crippen LogP contribution in [0.4, 0.5) is 4.39 Å². The average molecular weight is 177 g/mol. The Balaban J connectivity index is 3.46. The number of rotatable bonds is 6. The molecule has 74 valence electrons. The van der Waals surface area contributed by atoms with E-state index in [0.717, 1.165) is 6.42 Å². The van der Waals surface area contributed by atoms with Crippen molar-refractivity contribution < 1.29 is 9.13 Å². The molecule has 2 N–H and O–H groups in total. The van der Waals surface area contributed by atoms with Gasteiger partial charge in [-0.3, -0.25) is 0 Å². The summed E-state index contributed by atoms with van der Waals surface area (Å²) in [6.45, 7) is 6.58. The summed E-state index contributed by atoms with van der Waals surface area (Å²) in [5.41, 5.74) is 5.19. The van der Waals surface area contributed by atoms with Crippen molar-refractivity contribution in [2.24, 2.45) is 5.73 Å². The van der Waals surface area contributed by atoms with Crippen LogP contribution in [0.5, 0.6) is 0 Å². The lowest BCUT2D eigenvalue weighted by Crippen LogP contribution is -2.28. The number of alkyl halides is 1. The van der Waals surface area contributed by atoms with Crippen LogP contribution in [0.2, 0.25) is 0 Å². The number of halogens is 1. The fourth-order valence-corrected chi connectivity index (χ4v) is 0.917. The molecule has 0 rings (SSSR count). The van der Waals surface area contributed by atoms with Crippen LogP contribution in [-0.2, 0) is 4.74 Å². The fourth-order valence-electron chi connectivity index (χ4n) is 0.917. The summed E-state index contributed by atoms with van der Waals surface area (Å²) in [5, 5.41) is 0. The molecule has 1 atom stereocenters. The van der Waals surface area contributed by atoms with Crippen LogP contribution < -0.4 is 5.73 Å². The smallest absolute Gasteiger partial charge is 0.0995 e. The van der Waals surface area contributed by atoms with Gasteiger partial charge in [-0.15, -0.1) is 0 Å². The van der Waals surface area contributed by atoms with E-state index in [0.29, 0.717) is 19.6 Å². The number of ether oxygens (including phenoxy) is 1. The van der Waals surface area contributed by atoms with Crippen LogP contribution in [0.15, 0.2) is 0 Å². The van der Waals surface area contributed by atoms with Crippen LogP contribution in [0.25, 0.3) is 0 Å². The fraction of sp³-hybridized carbons (Fsp3) is 1.00. The molecule has 0 aliphatic rings. The molecule has 2 nitrogen and oxygen atoms in total. The van der Waals surface area contributed by atoms with E-state index in [1.807, 2.05) is 13.8 Å². The molecule has 0 aromatic heterocycles. The van der Waals surface area contributed by atoms with E-state index < -0.39 is 6.17 Å². The summed E-state index contributed by atoms with van der Waals surface area (Å²) in [7, 11) is 0. The Morgan fingerprint density at radius 2 is 2.08 bits per heavy atom. The van der Waals surface area contributed by atoms with Gasteiger partial charge in [-0.05, 0) is 33.7 Å². The van der Waals surface area contributed by atoms with Crippen molar-refractivity contribution in [2.45, 2.75) is 45.4 Å². The van der Waals surface area contributed by atoms with Crippen molar-refractivity contribution in [1.82, 2.24) is 0 Å². The van der Waals surface area contributed by atoms with Gasteiger partial charge in [0.2, 0.25) is 0 Å². The second-order valence-electron chi connectivity index (χ2n) is 3.72. The van der Waals surface area contributed by atoms with Gasteiger partial charge in [-0.2, -0.15) is 0 Å². The molecule has 0 bridgehead atoms. The largest absolute Gasteiger partial charge is 0.375 e. The van der Waals surface area contributed by atoms with E-state index in [9.17, 15) is 4.39 Å². The molecule has 1 unspecified atom stereocenters. The first-order valence-electron chi connectivity index (χ1n) is 4.46. The highest BCUT2D eigenvalue weighted by Gasteiger charge is 2.16. The Morgan fingerprint density at radius 3 is 2.50 bits per heavy atom. The molecule has 0 aliphatic carbocycles. The van der Waals surface area contributed by atoms with E-state index in [2.05, 4.69) is 0 Å². The van der Waals surface area contributed by atoms with Crippen LogP contribution in [0.1, 0.15) is 33.6 Å². The first-order chi connectivity index (χ1) is 5.48. The molecule has 0 aromatic rings. The molecule has 0 spiro atoms. The lowest BCUT2D eigenvalue weighted by Gasteiger charge is -2.24. The van der Waals surface area contributed by atoms with Crippen molar-refractivity contribution >= 4 is 0 Å². The molecule has 0 saturated carbocycles. The molecule has 0 saturated heterocycles. The van der Waals surface area contributed by atoms with Crippen LogP contribution in [0.3, 0.4) is 0 Å². The third kappa shape index (κ3) is 6.55. The summed E-state index contributed by atoms with van der Waals surface area (Å²) >= 11 is 0. The summed E-state index contributed by atoms with van der Waals surface area (Å²) < 4.78 is 17.8. The van der Waals surface area contributed by atoms with Crippen LogP contribution in [0, 0.1) is 0 Å². The minimum Gasteiger partial charge on any atom is -0.375 e. The lowest BCUT2D eigenvalue weighted by molar-refractivity contribution is -0.0279. The monoisotopic (exact) mass is 177 g/mol. The Bertz CT molecular complexity index is 115. The Hall–Kier alpha value is -0.150. The maximum atomic E-state index is 12.4. The van der Waals surface area contributed by atoms with Gasteiger partial charge in [-0.25, -0.2) is 4.39 Å². The molecule has 0 amide bonds. The molecule has 12 heavy (non-hydrogen) atoms. The SMILES string of the molecule is CC(F)CCOC(C)(C)CCN. The van der Waals surface area contributed by atoms with Gasteiger partial charge >= 0.3 is 0 Å². The predicted octanol–water partition coefficient (Wildman–Crippen LogP) is 1.88. The van der Waals surface area contributed by atoms with Gasteiger partial charge < -0.3 is 10.5 Å². The van der Waals surface area contributed by atoms with Gasteiger partial charge in [-0.1, -0.05) is 0 Å². The minimum absolute atomic E-state index is 0.205. The molecule has 0 aliphatic heterocycles. The molecule has 3 heteroatoms. The first kappa shape index (κ1) is 11.8. The maximum Gasteiger partial charge on any atom is 0.0995 e. The second-order valence-corrected chi connectivity index (χ2v) is 3.72. The van der Waals surface area contributed by atoms with E-state index in [4.69, 9.17) is 10.5 Å². The highest BCUT2D eigenvalue weighted by Crippen LogP contribution is 2.14. The van der Waals surface area contributed by atoms with E-state index >= 15 is 0 Å². The van der Waals surface area contributed by atoms with Crippen molar-refractivity contribution in [2.75, 3.05) is 13.2 Å². The maximum absolute atomic E-state index is 12.4. The third-order valence-electron chi connectivity index (χ3n) is 1.75. The van der Waals surface area contributed by atoms with Crippen molar-refractivity contribution in [1.29, 1.82) is 0 Å². The van der Waals surface area contributed by atoms with Gasteiger partial charge in [0.25, 0.3) is 0 Å². The van der Waals surface area contributed by atoms with Crippen LogP contribution in [-0.4, -0.2) is 24.9 Å². The number of nitrogens with two attached hydrogens (primary N) is 1. The minimum atomic E-state index is -0.779. The lowest BCUT2D eigenvalue weighted by atomic mass is 10.1. The normalized spacial score (nSPS) is 14.8. The molecular formula is C9H20FNO. The average Bonchev–Trinajstić information content (AvgIpc) is 1.85. The summed E-state index contributed by atoms with van der Waals surface area (Å²) in [6, 6.07) is 0. The molecule has 0 aromatic carbocycles. The second kappa shape index (κ2) is 5.49. The summed E-state index contributed by atoms with van der Waals surface area (Å²) in [6.07, 6.45) is 0.500. The van der Waals surface area contributed by atoms with Gasteiger partial charge in [0, 0.05) is 6.42 Å². The topological polar surface area (TPSA) is 35.2 Å². The van der Waals surface area contributed by atoms with Crippen molar-refractivity contribution in [3.05, 3.63) is 0 Å². The Labute approximate surface area is 74.3 Å². The van der Waals surface area contributed by atoms with Crippen LogP contribution >= 0.6 is 0 Å². The molecule has 0 radical (unpaired) electrons. The zero-order valence-electron chi connectivity index (χ0n) is 8.27. The van der Waals surface area contributed by atoms with Crippen molar-refractivity contribution in [3.63, 3.8) is 0 Å². The zero-order chi connectivity index (χ0) is 9.61. The summed E-state index contributed by atoms with van der Waals surface area (Å²) in [4.78, 5) is 0. The molecule has 0 fully saturated rings. The molecular weight excluding hydrogens is 157 g/mol. The van der Waals surface area contributed by atoms with Gasteiger partial charge in [0.15, 0.2) is 0 Å². The van der Waals surface area contributed by atoms with Crippen molar-refractivity contribution in [3.8, 4) is 0 Å². The Kier molecular flexibility index (Phi) is 5.42. The number of hydrogen-bond donors (Lipinski definition) is 1. The standard InChI is InChI=1S/C9H20FNO/c1-8(10)4-7-12-9(2,3)5-6-11/h8H,4-7,11H2,1-3H3. The third-order valence-corrected chi connectivity index (χ3v) is 1.75. The summed E-state index contributed by atoms with van der Waals surface area (Å²) in [5.74, 6) is 0. The number of hydrogen-bond acceptors (Lipinski definition) is 2.